The number of anilines is 1. The quantitative estimate of drug-likeness (QED) is 0.863. The summed E-state index contributed by atoms with van der Waals surface area (Å²) >= 11 is 0. The van der Waals surface area contributed by atoms with E-state index in [1.807, 2.05) is 60.4 Å². The van der Waals surface area contributed by atoms with Crippen LogP contribution in [-0.4, -0.2) is 43.7 Å². The number of piperidine rings is 1. The molecular weight excluding hydrogens is 328 g/mol. The zero-order chi connectivity index (χ0) is 18.4. The lowest BCUT2D eigenvalue weighted by Crippen LogP contribution is -2.46. The minimum absolute atomic E-state index is 0.0341. The van der Waals surface area contributed by atoms with Crippen molar-refractivity contribution in [3.63, 3.8) is 0 Å². The summed E-state index contributed by atoms with van der Waals surface area (Å²) in [5.41, 5.74) is 2.22. The van der Waals surface area contributed by atoms with Crippen LogP contribution in [0.4, 0.5) is 5.69 Å². The Kier molecular flexibility index (Phi) is 6.00. The Morgan fingerprint density at radius 2 is 1.81 bits per heavy atom. The third-order valence-corrected chi connectivity index (χ3v) is 4.62. The summed E-state index contributed by atoms with van der Waals surface area (Å²) in [6.45, 7) is 3.59. The number of carbonyl (C=O) groups excluding carboxylic acids is 1. The standard InChI is InChI=1S/C21H26N2O3/c1-16-5-9-20(10-6-16)26-15-21(24)23-13-3-4-18(14-23)22-17-7-11-19(25-2)12-8-17/h5-12,18,22H,3-4,13-15H2,1-2H3/t18-/m0/s1. The van der Waals surface area contributed by atoms with Gasteiger partial charge >= 0.3 is 0 Å². The van der Waals surface area contributed by atoms with E-state index in [4.69, 9.17) is 9.47 Å². The summed E-state index contributed by atoms with van der Waals surface area (Å²) in [5.74, 6) is 1.60. The first-order chi connectivity index (χ1) is 12.6. The highest BCUT2D eigenvalue weighted by atomic mass is 16.5. The molecule has 1 atom stereocenters. The van der Waals surface area contributed by atoms with Gasteiger partial charge in [0.2, 0.25) is 0 Å². The molecule has 2 aromatic rings. The van der Waals surface area contributed by atoms with Crippen molar-refractivity contribution in [1.29, 1.82) is 0 Å². The fourth-order valence-corrected chi connectivity index (χ4v) is 3.12. The van der Waals surface area contributed by atoms with Gasteiger partial charge in [-0.05, 0) is 56.2 Å². The molecule has 138 valence electrons. The van der Waals surface area contributed by atoms with Crippen molar-refractivity contribution in [2.75, 3.05) is 32.1 Å². The Morgan fingerprint density at radius 3 is 2.50 bits per heavy atom. The van der Waals surface area contributed by atoms with Gasteiger partial charge in [0, 0.05) is 24.8 Å². The van der Waals surface area contributed by atoms with Crippen LogP contribution in [0.15, 0.2) is 48.5 Å². The molecule has 5 nitrogen and oxygen atoms in total. The number of ether oxygens (including phenoxy) is 2. The van der Waals surface area contributed by atoms with Crippen molar-refractivity contribution < 1.29 is 14.3 Å². The summed E-state index contributed by atoms with van der Waals surface area (Å²) in [5, 5.41) is 3.51. The fraction of sp³-hybridized carbons (Fsp3) is 0.381. The van der Waals surface area contributed by atoms with Gasteiger partial charge in [-0.2, -0.15) is 0 Å². The lowest BCUT2D eigenvalue weighted by molar-refractivity contribution is -0.134. The molecule has 1 N–H and O–H groups in total. The van der Waals surface area contributed by atoms with Gasteiger partial charge < -0.3 is 19.7 Å². The number of likely N-dealkylation sites (tertiary alicyclic amines) is 1. The van der Waals surface area contributed by atoms with Gasteiger partial charge in [-0.25, -0.2) is 0 Å². The highest BCUT2D eigenvalue weighted by molar-refractivity contribution is 5.78. The predicted molar refractivity (Wildman–Crippen MR) is 103 cm³/mol. The third-order valence-electron chi connectivity index (χ3n) is 4.62. The van der Waals surface area contributed by atoms with E-state index in [1.165, 1.54) is 5.56 Å². The first-order valence-corrected chi connectivity index (χ1v) is 9.02. The number of hydrogen-bond donors (Lipinski definition) is 1. The van der Waals surface area contributed by atoms with Crippen LogP contribution < -0.4 is 14.8 Å². The molecule has 1 aliphatic rings. The first-order valence-electron chi connectivity index (χ1n) is 9.02. The molecule has 3 rings (SSSR count). The molecule has 2 aromatic carbocycles. The van der Waals surface area contributed by atoms with Crippen molar-refractivity contribution in [2.45, 2.75) is 25.8 Å². The number of nitrogens with one attached hydrogen (secondary N) is 1. The van der Waals surface area contributed by atoms with Crippen LogP contribution in [0.2, 0.25) is 0 Å². The molecule has 1 amide bonds. The minimum atomic E-state index is 0.0341. The lowest BCUT2D eigenvalue weighted by atomic mass is 10.1. The molecule has 0 bridgehead atoms. The SMILES string of the molecule is COc1ccc(N[C@H]2CCCN(C(=O)COc3ccc(C)cc3)C2)cc1. The van der Waals surface area contributed by atoms with Gasteiger partial charge in [0.1, 0.15) is 11.5 Å². The van der Waals surface area contributed by atoms with Crippen molar-refractivity contribution in [1.82, 2.24) is 4.90 Å². The zero-order valence-electron chi connectivity index (χ0n) is 15.4. The van der Waals surface area contributed by atoms with Crippen LogP contribution in [0, 0.1) is 6.92 Å². The summed E-state index contributed by atoms with van der Waals surface area (Å²) in [6, 6.07) is 15.9. The smallest absolute Gasteiger partial charge is 0.260 e. The molecule has 1 fully saturated rings. The third kappa shape index (κ3) is 4.91. The Labute approximate surface area is 154 Å². The van der Waals surface area contributed by atoms with E-state index in [1.54, 1.807) is 7.11 Å². The maximum Gasteiger partial charge on any atom is 0.260 e. The molecule has 0 saturated carbocycles. The van der Waals surface area contributed by atoms with Crippen LogP contribution in [0.5, 0.6) is 11.5 Å². The molecule has 0 radical (unpaired) electrons. The van der Waals surface area contributed by atoms with Crippen molar-refractivity contribution >= 4 is 11.6 Å². The van der Waals surface area contributed by atoms with E-state index in [0.29, 0.717) is 6.54 Å². The number of methoxy groups -OCH3 is 1. The average molecular weight is 354 g/mol. The van der Waals surface area contributed by atoms with Gasteiger partial charge in [0.25, 0.3) is 5.91 Å². The zero-order valence-corrected chi connectivity index (χ0v) is 15.4. The van der Waals surface area contributed by atoms with E-state index in [0.717, 1.165) is 36.6 Å². The molecule has 26 heavy (non-hydrogen) atoms. The van der Waals surface area contributed by atoms with Crippen LogP contribution >= 0.6 is 0 Å². The van der Waals surface area contributed by atoms with Crippen molar-refractivity contribution in [3.8, 4) is 11.5 Å². The summed E-state index contributed by atoms with van der Waals surface area (Å²) in [7, 11) is 1.66. The van der Waals surface area contributed by atoms with Crippen molar-refractivity contribution in [3.05, 3.63) is 54.1 Å². The lowest BCUT2D eigenvalue weighted by Gasteiger charge is -2.33. The van der Waals surface area contributed by atoms with Crippen molar-refractivity contribution in [2.24, 2.45) is 0 Å². The van der Waals surface area contributed by atoms with E-state index in [-0.39, 0.29) is 18.6 Å². The molecule has 0 spiro atoms. The normalized spacial score (nSPS) is 16.8. The van der Waals surface area contributed by atoms with Crippen LogP contribution in [0.25, 0.3) is 0 Å². The number of benzene rings is 2. The van der Waals surface area contributed by atoms with Gasteiger partial charge in [-0.3, -0.25) is 4.79 Å². The average Bonchev–Trinajstić information content (AvgIpc) is 2.68. The Balaban J connectivity index is 1.50. The second-order valence-electron chi connectivity index (χ2n) is 6.65. The second kappa shape index (κ2) is 8.61. The summed E-state index contributed by atoms with van der Waals surface area (Å²) in [4.78, 5) is 14.4. The number of hydrogen-bond acceptors (Lipinski definition) is 4. The molecule has 5 heteroatoms. The number of rotatable bonds is 6. The van der Waals surface area contributed by atoms with E-state index in [2.05, 4.69) is 5.32 Å². The van der Waals surface area contributed by atoms with E-state index in [9.17, 15) is 4.79 Å². The number of amides is 1. The molecule has 1 aliphatic heterocycles. The van der Waals surface area contributed by atoms with Crippen LogP contribution in [0.1, 0.15) is 18.4 Å². The monoisotopic (exact) mass is 354 g/mol. The summed E-state index contributed by atoms with van der Waals surface area (Å²) in [6.07, 6.45) is 2.04. The topological polar surface area (TPSA) is 50.8 Å². The van der Waals surface area contributed by atoms with E-state index < -0.39 is 0 Å². The second-order valence-corrected chi connectivity index (χ2v) is 6.65. The molecule has 0 aliphatic carbocycles. The minimum Gasteiger partial charge on any atom is -0.497 e. The van der Waals surface area contributed by atoms with Gasteiger partial charge in [0.05, 0.1) is 7.11 Å². The molecule has 1 heterocycles. The molecule has 1 saturated heterocycles. The van der Waals surface area contributed by atoms with Crippen LogP contribution in [-0.2, 0) is 4.79 Å². The maximum atomic E-state index is 12.5. The Bertz CT molecular complexity index is 713. The Morgan fingerprint density at radius 1 is 1.12 bits per heavy atom. The van der Waals surface area contributed by atoms with Gasteiger partial charge in [0.15, 0.2) is 6.61 Å². The first kappa shape index (κ1) is 18.1. The van der Waals surface area contributed by atoms with Crippen LogP contribution in [0.3, 0.4) is 0 Å². The molecule has 0 unspecified atom stereocenters. The molecule has 0 aromatic heterocycles. The van der Waals surface area contributed by atoms with Gasteiger partial charge in [-0.15, -0.1) is 0 Å². The largest absolute Gasteiger partial charge is 0.497 e. The number of nitrogens with zero attached hydrogens (tertiary/aromatic N) is 1. The molecular formula is C21H26N2O3. The highest BCUT2D eigenvalue weighted by Gasteiger charge is 2.23. The number of aryl methyl sites for hydroxylation is 1. The predicted octanol–water partition coefficient (Wildman–Crippen LogP) is 3.49. The van der Waals surface area contributed by atoms with E-state index >= 15 is 0 Å². The maximum absolute atomic E-state index is 12.5. The number of carbonyl (C=O) groups is 1. The summed E-state index contributed by atoms with van der Waals surface area (Å²) < 4.78 is 10.8. The highest BCUT2D eigenvalue weighted by Crippen LogP contribution is 2.19. The Hall–Kier alpha value is -2.69. The van der Waals surface area contributed by atoms with Gasteiger partial charge in [-0.1, -0.05) is 17.7 Å². The fourth-order valence-electron chi connectivity index (χ4n) is 3.12.